The van der Waals surface area contributed by atoms with Crippen LogP contribution in [0.2, 0.25) is 0 Å². The van der Waals surface area contributed by atoms with Crippen LogP contribution in [-0.4, -0.2) is 37.7 Å². The first kappa shape index (κ1) is 17.7. The number of carbonyl (C=O) groups is 1. The van der Waals surface area contributed by atoms with E-state index in [0.717, 1.165) is 46.4 Å². The molecule has 1 aliphatic rings. The van der Waals surface area contributed by atoms with E-state index >= 15 is 0 Å². The summed E-state index contributed by atoms with van der Waals surface area (Å²) >= 11 is 0. The number of ketones is 1. The summed E-state index contributed by atoms with van der Waals surface area (Å²) in [5.41, 5.74) is 5.91. The van der Waals surface area contributed by atoms with Gasteiger partial charge in [-0.3, -0.25) is 19.4 Å². The van der Waals surface area contributed by atoms with E-state index in [1.807, 2.05) is 49.8 Å². The van der Waals surface area contributed by atoms with E-state index in [1.54, 1.807) is 4.68 Å². The molecular weight excluding hydrogens is 362 g/mol. The first-order valence-electron chi connectivity index (χ1n) is 9.64. The van der Waals surface area contributed by atoms with E-state index in [-0.39, 0.29) is 5.78 Å². The van der Waals surface area contributed by atoms with Crippen molar-refractivity contribution in [3.63, 3.8) is 0 Å². The molecule has 0 fully saturated rings. The van der Waals surface area contributed by atoms with Crippen molar-refractivity contribution in [1.29, 1.82) is 0 Å². The number of aryl methyl sites for hydroxylation is 1. The average molecular weight is 383 g/mol. The molecule has 6 heteroatoms. The fourth-order valence-corrected chi connectivity index (χ4v) is 3.93. The van der Waals surface area contributed by atoms with Crippen LogP contribution in [0.5, 0.6) is 0 Å². The van der Waals surface area contributed by atoms with E-state index in [0.29, 0.717) is 6.42 Å². The Morgan fingerprint density at radius 3 is 2.69 bits per heavy atom. The summed E-state index contributed by atoms with van der Waals surface area (Å²) in [6.45, 7) is 1.85. The minimum atomic E-state index is 0.0966. The van der Waals surface area contributed by atoms with Crippen LogP contribution in [0.4, 0.5) is 0 Å². The number of hydrogen-bond donors (Lipinski definition) is 0. The zero-order valence-electron chi connectivity index (χ0n) is 16.5. The van der Waals surface area contributed by atoms with Crippen molar-refractivity contribution in [1.82, 2.24) is 24.9 Å². The maximum Gasteiger partial charge on any atom is 0.168 e. The first-order valence-corrected chi connectivity index (χ1v) is 9.64. The monoisotopic (exact) mass is 383 g/mol. The molecule has 0 atom stereocenters. The Balaban J connectivity index is 1.41. The molecular formula is C23H21N5O. The summed E-state index contributed by atoms with van der Waals surface area (Å²) in [6, 6.07) is 14.2. The van der Waals surface area contributed by atoms with Gasteiger partial charge in [-0.05, 0) is 41.8 Å². The molecule has 144 valence electrons. The molecule has 6 nitrogen and oxygen atoms in total. The lowest BCUT2D eigenvalue weighted by atomic mass is 10.00. The molecule has 0 N–H and O–H groups in total. The zero-order valence-corrected chi connectivity index (χ0v) is 16.5. The maximum absolute atomic E-state index is 12.8. The lowest BCUT2D eigenvalue weighted by Crippen LogP contribution is -2.07. The summed E-state index contributed by atoms with van der Waals surface area (Å²) < 4.78 is 1.69. The van der Waals surface area contributed by atoms with Crippen molar-refractivity contribution in [2.24, 2.45) is 7.05 Å². The van der Waals surface area contributed by atoms with Gasteiger partial charge in [0.1, 0.15) is 5.69 Å². The molecule has 2 aromatic heterocycles. The second kappa shape index (κ2) is 6.90. The Labute approximate surface area is 168 Å². The van der Waals surface area contributed by atoms with Crippen LogP contribution in [-0.2, 0) is 26.6 Å². The van der Waals surface area contributed by atoms with Crippen molar-refractivity contribution < 1.29 is 4.79 Å². The SMILES string of the molecule is CN1Cc2ccc(C(=O)Cc3cc4cc(-c5cn(C)nn5)ccc4cn3)cc2C1. The van der Waals surface area contributed by atoms with Crippen LogP contribution in [0.15, 0.2) is 54.9 Å². The summed E-state index contributed by atoms with van der Waals surface area (Å²) in [5, 5.41) is 10.3. The number of rotatable bonds is 4. The summed E-state index contributed by atoms with van der Waals surface area (Å²) in [6.07, 6.45) is 4.01. The molecule has 2 aromatic carbocycles. The van der Waals surface area contributed by atoms with Crippen molar-refractivity contribution in [2.45, 2.75) is 19.5 Å². The van der Waals surface area contributed by atoms with Crippen LogP contribution < -0.4 is 0 Å². The molecule has 0 spiro atoms. The number of nitrogens with zero attached hydrogens (tertiary/aromatic N) is 5. The standard InChI is InChI=1S/C23H21N5O/c1-27-12-18-6-4-16(8-20(18)13-27)23(29)10-21-9-19-7-15(3-5-17(19)11-24-21)22-14-28(2)26-25-22/h3-9,11,14H,10,12-13H2,1-2H3. The number of hydrogen-bond acceptors (Lipinski definition) is 5. The number of carbonyl (C=O) groups excluding carboxylic acids is 1. The summed E-state index contributed by atoms with van der Waals surface area (Å²) in [4.78, 5) is 19.6. The second-order valence-corrected chi connectivity index (χ2v) is 7.77. The number of fused-ring (bicyclic) bond motifs is 2. The average Bonchev–Trinajstić information content (AvgIpc) is 3.31. The molecule has 0 unspecified atom stereocenters. The van der Waals surface area contributed by atoms with Crippen LogP contribution in [0.3, 0.4) is 0 Å². The molecule has 0 amide bonds. The van der Waals surface area contributed by atoms with Crippen LogP contribution in [0.25, 0.3) is 22.0 Å². The van der Waals surface area contributed by atoms with Crippen molar-refractivity contribution in [3.05, 3.63) is 77.2 Å². The van der Waals surface area contributed by atoms with Gasteiger partial charge in [0.25, 0.3) is 0 Å². The lowest BCUT2D eigenvalue weighted by Gasteiger charge is -2.06. The fourth-order valence-electron chi connectivity index (χ4n) is 3.93. The fraction of sp³-hybridized carbons (Fsp3) is 0.217. The topological polar surface area (TPSA) is 63.9 Å². The minimum Gasteiger partial charge on any atom is -0.298 e. The van der Waals surface area contributed by atoms with Gasteiger partial charge < -0.3 is 0 Å². The van der Waals surface area contributed by atoms with Crippen LogP contribution in [0, 0.1) is 0 Å². The smallest absolute Gasteiger partial charge is 0.168 e. The minimum absolute atomic E-state index is 0.0966. The Hall–Kier alpha value is -3.38. The largest absolute Gasteiger partial charge is 0.298 e. The highest BCUT2D eigenvalue weighted by Crippen LogP contribution is 2.25. The highest BCUT2D eigenvalue weighted by atomic mass is 16.1. The van der Waals surface area contributed by atoms with E-state index in [4.69, 9.17) is 0 Å². The molecule has 5 rings (SSSR count). The van der Waals surface area contributed by atoms with E-state index in [9.17, 15) is 4.79 Å². The summed E-state index contributed by atoms with van der Waals surface area (Å²) in [5.74, 6) is 0.0966. The first-order chi connectivity index (χ1) is 14.0. The molecule has 1 aliphatic heterocycles. The molecule has 29 heavy (non-hydrogen) atoms. The van der Waals surface area contributed by atoms with Gasteiger partial charge in [-0.1, -0.05) is 29.5 Å². The Morgan fingerprint density at radius 1 is 1.00 bits per heavy atom. The Kier molecular flexibility index (Phi) is 4.21. The molecule has 0 radical (unpaired) electrons. The van der Waals surface area contributed by atoms with Gasteiger partial charge in [-0.15, -0.1) is 5.10 Å². The second-order valence-electron chi connectivity index (χ2n) is 7.77. The molecule has 0 saturated heterocycles. The molecule has 3 heterocycles. The molecule has 0 aliphatic carbocycles. The molecule has 0 saturated carbocycles. The lowest BCUT2D eigenvalue weighted by molar-refractivity contribution is 0.0992. The van der Waals surface area contributed by atoms with Gasteiger partial charge in [-0.2, -0.15) is 0 Å². The van der Waals surface area contributed by atoms with Gasteiger partial charge in [0, 0.05) is 48.5 Å². The van der Waals surface area contributed by atoms with Crippen LogP contribution >= 0.6 is 0 Å². The Morgan fingerprint density at radius 2 is 1.86 bits per heavy atom. The van der Waals surface area contributed by atoms with Gasteiger partial charge in [0.15, 0.2) is 5.78 Å². The quantitative estimate of drug-likeness (QED) is 0.506. The molecule has 0 bridgehead atoms. The number of pyridine rings is 1. The van der Waals surface area contributed by atoms with Crippen molar-refractivity contribution in [3.8, 4) is 11.3 Å². The number of aromatic nitrogens is 4. The van der Waals surface area contributed by atoms with Crippen LogP contribution in [0.1, 0.15) is 27.2 Å². The third-order valence-corrected chi connectivity index (χ3v) is 5.43. The maximum atomic E-state index is 12.8. The van der Waals surface area contributed by atoms with E-state index in [1.165, 1.54) is 11.1 Å². The highest BCUT2D eigenvalue weighted by molar-refractivity contribution is 5.98. The predicted octanol–water partition coefficient (Wildman–Crippen LogP) is 3.40. The third-order valence-electron chi connectivity index (χ3n) is 5.43. The number of benzene rings is 2. The van der Waals surface area contributed by atoms with E-state index < -0.39 is 0 Å². The van der Waals surface area contributed by atoms with Crippen molar-refractivity contribution >= 4 is 16.6 Å². The normalized spacial score (nSPS) is 13.7. The predicted molar refractivity (Wildman–Crippen MR) is 111 cm³/mol. The third kappa shape index (κ3) is 3.43. The van der Waals surface area contributed by atoms with E-state index in [2.05, 4.69) is 39.4 Å². The molecule has 4 aromatic rings. The number of Topliss-reactive ketones (excluding diaryl/α,β-unsaturated/α-hetero) is 1. The van der Waals surface area contributed by atoms with Gasteiger partial charge in [-0.25, -0.2) is 0 Å². The zero-order chi connectivity index (χ0) is 20.0. The highest BCUT2D eigenvalue weighted by Gasteiger charge is 2.18. The Bertz CT molecular complexity index is 1240. The van der Waals surface area contributed by atoms with Gasteiger partial charge >= 0.3 is 0 Å². The van der Waals surface area contributed by atoms with Crippen molar-refractivity contribution in [2.75, 3.05) is 7.05 Å². The van der Waals surface area contributed by atoms with Gasteiger partial charge in [0.05, 0.1) is 12.6 Å². The summed E-state index contributed by atoms with van der Waals surface area (Å²) in [7, 11) is 3.94. The van der Waals surface area contributed by atoms with Gasteiger partial charge in [0.2, 0.25) is 0 Å².